The van der Waals surface area contributed by atoms with Crippen LogP contribution < -0.4 is 27.4 Å². The molecular weight excluding hydrogens is 461 g/mol. The maximum Gasteiger partial charge on any atom is 0.243 e. The van der Waals surface area contributed by atoms with Crippen molar-refractivity contribution in [3.8, 4) is 6.07 Å². The number of nitrogens with two attached hydrogens (primary N) is 2. The van der Waals surface area contributed by atoms with Gasteiger partial charge in [-0.3, -0.25) is 9.59 Å². The van der Waals surface area contributed by atoms with Crippen molar-refractivity contribution in [2.75, 3.05) is 26.2 Å². The zero-order chi connectivity index (χ0) is 25.9. The van der Waals surface area contributed by atoms with E-state index in [9.17, 15) is 19.2 Å². The second-order valence-corrected chi connectivity index (χ2v) is 11.0. The highest BCUT2D eigenvalue weighted by Gasteiger charge is 2.52. The molecule has 0 aromatic rings. The summed E-state index contributed by atoms with van der Waals surface area (Å²) in [4.78, 5) is 28.0. The monoisotopic (exact) mass is 501 g/mol. The smallest absolute Gasteiger partial charge is 0.243 e. The number of halogens is 1. The van der Waals surface area contributed by atoms with Gasteiger partial charge in [-0.1, -0.05) is 6.92 Å². The van der Waals surface area contributed by atoms with Gasteiger partial charge in [-0.25, -0.2) is 4.39 Å². The summed E-state index contributed by atoms with van der Waals surface area (Å²) >= 11 is 0. The number of hydrogen-bond acceptors (Lipinski definition) is 7. The van der Waals surface area contributed by atoms with E-state index in [2.05, 4.69) is 28.9 Å². The highest BCUT2D eigenvalue weighted by Crippen LogP contribution is 2.47. The first-order chi connectivity index (χ1) is 17.2. The molecule has 4 rings (SSSR count). The van der Waals surface area contributed by atoms with Crippen LogP contribution in [0.15, 0.2) is 23.5 Å². The van der Waals surface area contributed by atoms with Gasteiger partial charge in [-0.05, 0) is 74.6 Å². The van der Waals surface area contributed by atoms with E-state index < -0.39 is 23.7 Å². The number of nitriles is 1. The lowest BCUT2D eigenvalue weighted by Gasteiger charge is -2.36. The van der Waals surface area contributed by atoms with Crippen molar-refractivity contribution in [3.05, 3.63) is 23.5 Å². The lowest BCUT2D eigenvalue weighted by molar-refractivity contribution is -0.136. The van der Waals surface area contributed by atoms with E-state index in [1.54, 1.807) is 0 Å². The number of hydrogen-bond donors (Lipinski definition) is 5. The quantitative estimate of drug-likeness (QED) is 0.341. The normalized spacial score (nSPS) is 29.6. The van der Waals surface area contributed by atoms with E-state index in [-0.39, 0.29) is 36.2 Å². The molecule has 2 saturated heterocycles. The van der Waals surface area contributed by atoms with E-state index >= 15 is 0 Å². The van der Waals surface area contributed by atoms with Gasteiger partial charge in [-0.15, -0.1) is 0 Å². The Hall–Kier alpha value is -2.48. The second kappa shape index (κ2) is 11.3. The molecule has 0 aromatic heterocycles. The van der Waals surface area contributed by atoms with E-state index in [1.165, 1.54) is 0 Å². The van der Waals surface area contributed by atoms with Crippen molar-refractivity contribution in [2.45, 2.75) is 70.2 Å². The van der Waals surface area contributed by atoms with E-state index in [4.69, 9.17) is 11.5 Å². The fourth-order valence-corrected chi connectivity index (χ4v) is 5.82. The van der Waals surface area contributed by atoms with Crippen LogP contribution in [-0.4, -0.2) is 61.3 Å². The van der Waals surface area contributed by atoms with Gasteiger partial charge in [0.2, 0.25) is 11.8 Å². The third-order valence-corrected chi connectivity index (χ3v) is 8.26. The van der Waals surface area contributed by atoms with Crippen LogP contribution in [0.25, 0.3) is 0 Å². The predicted molar refractivity (Wildman–Crippen MR) is 134 cm³/mol. The lowest BCUT2D eigenvalue weighted by Crippen LogP contribution is -2.57. The molecule has 36 heavy (non-hydrogen) atoms. The molecule has 1 saturated carbocycles. The van der Waals surface area contributed by atoms with Crippen molar-refractivity contribution < 1.29 is 14.0 Å². The van der Waals surface area contributed by atoms with Crippen LogP contribution in [0.1, 0.15) is 51.9 Å². The molecule has 0 spiro atoms. The van der Waals surface area contributed by atoms with Crippen molar-refractivity contribution >= 4 is 11.8 Å². The number of carbonyl (C=O) groups excluding carboxylic acids is 2. The SMILES string of the molecule is CC1CCC(F)CNC(C(C(=O)NC2=C(C3CCN(C(=O)C4(C#N)CC4)CC3)C=CNC2)C(N)N)C1. The minimum Gasteiger partial charge on any atom is -0.385 e. The Labute approximate surface area is 212 Å². The number of alkyl halides is 1. The zero-order valence-electron chi connectivity index (χ0n) is 21.1. The number of piperidine rings is 1. The first kappa shape index (κ1) is 26.6. The maximum atomic E-state index is 14.1. The van der Waals surface area contributed by atoms with Gasteiger partial charge in [0, 0.05) is 31.4 Å². The predicted octanol–water partition coefficient (Wildman–Crippen LogP) is 0.992. The Morgan fingerprint density at radius 3 is 2.61 bits per heavy atom. The summed E-state index contributed by atoms with van der Waals surface area (Å²) in [6, 6.07) is 1.89. The topological polar surface area (TPSA) is 149 Å². The second-order valence-electron chi connectivity index (χ2n) is 11.0. The number of allylic oxidation sites excluding steroid dienone is 2. The van der Waals surface area contributed by atoms with Gasteiger partial charge >= 0.3 is 0 Å². The van der Waals surface area contributed by atoms with Gasteiger partial charge in [-0.2, -0.15) is 5.26 Å². The first-order valence-corrected chi connectivity index (χ1v) is 13.3. The first-order valence-electron chi connectivity index (χ1n) is 13.3. The Morgan fingerprint density at radius 2 is 1.97 bits per heavy atom. The summed E-state index contributed by atoms with van der Waals surface area (Å²) in [6.07, 6.45) is 6.88. The Bertz CT molecular complexity index is 931. The highest BCUT2D eigenvalue weighted by atomic mass is 19.1. The van der Waals surface area contributed by atoms with Crippen LogP contribution in [0.2, 0.25) is 0 Å². The van der Waals surface area contributed by atoms with Crippen molar-refractivity contribution in [1.82, 2.24) is 20.9 Å². The minimum absolute atomic E-state index is 0.0389. The van der Waals surface area contributed by atoms with Gasteiger partial charge in [0.05, 0.1) is 24.7 Å². The molecule has 0 bridgehead atoms. The number of dihydropyridines is 1. The third-order valence-electron chi connectivity index (χ3n) is 8.26. The average Bonchev–Trinajstić information content (AvgIpc) is 3.66. The highest BCUT2D eigenvalue weighted by molar-refractivity contribution is 5.88. The van der Waals surface area contributed by atoms with Crippen LogP contribution in [0.4, 0.5) is 4.39 Å². The van der Waals surface area contributed by atoms with E-state index in [0.29, 0.717) is 45.3 Å². The van der Waals surface area contributed by atoms with Gasteiger partial charge in [0.1, 0.15) is 11.6 Å². The van der Waals surface area contributed by atoms with Crippen molar-refractivity contribution in [3.63, 3.8) is 0 Å². The fraction of sp³-hybridized carbons (Fsp3) is 0.731. The number of amides is 2. The van der Waals surface area contributed by atoms with Crippen LogP contribution >= 0.6 is 0 Å². The van der Waals surface area contributed by atoms with Crippen LogP contribution in [0, 0.1) is 34.5 Å². The van der Waals surface area contributed by atoms with Gasteiger partial charge < -0.3 is 32.3 Å². The van der Waals surface area contributed by atoms with Crippen LogP contribution in [-0.2, 0) is 9.59 Å². The molecule has 4 unspecified atom stereocenters. The van der Waals surface area contributed by atoms with Gasteiger partial charge in [0.25, 0.3) is 0 Å². The molecule has 3 aliphatic heterocycles. The molecule has 0 radical (unpaired) electrons. The number of likely N-dealkylation sites (tertiary alicyclic amines) is 1. The minimum atomic E-state index is -0.948. The number of rotatable bonds is 6. The lowest BCUT2D eigenvalue weighted by atomic mass is 9.84. The average molecular weight is 502 g/mol. The van der Waals surface area contributed by atoms with Crippen LogP contribution in [0.3, 0.4) is 0 Å². The summed E-state index contributed by atoms with van der Waals surface area (Å²) in [6.45, 7) is 3.93. The molecule has 7 N–H and O–H groups in total. The number of carbonyl (C=O) groups is 2. The molecule has 4 aliphatic rings. The van der Waals surface area contributed by atoms with Crippen molar-refractivity contribution in [1.29, 1.82) is 5.26 Å². The molecule has 3 heterocycles. The zero-order valence-corrected chi connectivity index (χ0v) is 21.1. The molecule has 2 amide bonds. The molecular formula is C26H40FN7O2. The number of nitrogens with zero attached hydrogens (tertiary/aromatic N) is 2. The summed E-state index contributed by atoms with van der Waals surface area (Å²) in [5.74, 6) is -0.544. The Morgan fingerprint density at radius 1 is 1.25 bits per heavy atom. The molecule has 1 aliphatic carbocycles. The molecule has 9 nitrogen and oxygen atoms in total. The molecule has 4 atom stereocenters. The molecule has 10 heteroatoms. The molecule has 0 aromatic carbocycles. The Kier molecular flexibility index (Phi) is 8.33. The molecule has 198 valence electrons. The van der Waals surface area contributed by atoms with Crippen LogP contribution in [0.5, 0.6) is 0 Å². The maximum absolute atomic E-state index is 14.1. The fourth-order valence-electron chi connectivity index (χ4n) is 5.82. The summed E-state index contributed by atoms with van der Waals surface area (Å²) < 4.78 is 14.1. The standard InChI is InChI=1S/C26H40FN7O2/c1-16-2-3-18(27)13-32-20(12-16)22(23(29)30)24(35)33-21-14-31-9-4-19(21)17-5-10-34(11-6-17)25(36)26(15-28)7-8-26/h4,9,16-18,20,22-23,31-32H,2-3,5-8,10-14,29-30H2,1H3,(H,33,35). The largest absolute Gasteiger partial charge is 0.385 e. The Balaban J connectivity index is 1.44. The van der Waals surface area contributed by atoms with E-state index in [1.807, 2.05) is 17.2 Å². The number of nitrogens with one attached hydrogen (secondary N) is 3. The summed E-state index contributed by atoms with van der Waals surface area (Å²) in [7, 11) is 0. The summed E-state index contributed by atoms with van der Waals surface area (Å²) in [5.41, 5.74) is 13.2. The van der Waals surface area contributed by atoms with Crippen molar-refractivity contribution in [2.24, 2.45) is 34.6 Å². The van der Waals surface area contributed by atoms with E-state index in [0.717, 1.165) is 30.5 Å². The third kappa shape index (κ3) is 5.90. The molecule has 3 fully saturated rings. The van der Waals surface area contributed by atoms with Gasteiger partial charge in [0.15, 0.2) is 0 Å². The summed E-state index contributed by atoms with van der Waals surface area (Å²) in [5, 5.41) is 18.8.